The van der Waals surface area contributed by atoms with E-state index in [9.17, 15) is 0 Å². The number of nitrogens with one attached hydrogen (secondary N) is 1. The first kappa shape index (κ1) is 7.67. The van der Waals surface area contributed by atoms with E-state index in [0.29, 0.717) is 11.2 Å². The Kier molecular flexibility index (Phi) is 2.03. The van der Waals surface area contributed by atoms with E-state index in [1.54, 1.807) is 18.1 Å². The van der Waals surface area contributed by atoms with Crippen LogP contribution in [0.4, 0.5) is 0 Å². The molecule has 0 saturated heterocycles. The molecule has 5 heteroatoms. The number of H-pyrrole nitrogens is 1. The largest absolute Gasteiger partial charge is 0.379 e. The van der Waals surface area contributed by atoms with Gasteiger partial charge in [-0.05, 0) is 0 Å². The molecule has 64 valence electrons. The molecule has 4 nitrogen and oxygen atoms in total. The molecule has 2 heterocycles. The first-order valence-corrected chi connectivity index (χ1v) is 4.76. The smallest absolute Gasteiger partial charge is 0.154 e. The van der Waals surface area contributed by atoms with Crippen LogP contribution in [-0.2, 0) is 6.42 Å². The predicted octanol–water partition coefficient (Wildman–Crippen LogP) is 0.382. The lowest BCUT2D eigenvalue weighted by Crippen LogP contribution is -2.08. The first-order valence-electron chi connectivity index (χ1n) is 3.78. The molecule has 0 bridgehead atoms. The summed E-state index contributed by atoms with van der Waals surface area (Å²) in [5.41, 5.74) is 6.67. The minimum absolute atomic E-state index is 0.329. The molecule has 2 rings (SSSR count). The third-order valence-corrected chi connectivity index (χ3v) is 2.70. The maximum absolute atomic E-state index is 5.54. The highest BCUT2D eigenvalue weighted by molar-refractivity contribution is 8.14. The molecule has 3 N–H and O–H groups in total. The molecule has 0 aliphatic carbocycles. The van der Waals surface area contributed by atoms with Gasteiger partial charge in [-0.15, -0.1) is 0 Å². The number of aromatic nitrogens is 2. The van der Waals surface area contributed by atoms with Gasteiger partial charge in [0.1, 0.15) is 0 Å². The van der Waals surface area contributed by atoms with Gasteiger partial charge in [0, 0.05) is 24.1 Å². The van der Waals surface area contributed by atoms with Gasteiger partial charge in [0.2, 0.25) is 0 Å². The van der Waals surface area contributed by atoms with Gasteiger partial charge in [-0.1, -0.05) is 11.8 Å². The molecule has 1 aromatic rings. The number of hydrogen-bond donors (Lipinski definition) is 2. The monoisotopic (exact) mass is 182 g/mol. The van der Waals surface area contributed by atoms with Crippen LogP contribution >= 0.6 is 11.8 Å². The summed E-state index contributed by atoms with van der Waals surface area (Å²) in [6, 6.07) is 0.329. The molecule has 1 unspecified atom stereocenters. The van der Waals surface area contributed by atoms with Crippen molar-refractivity contribution >= 4 is 16.9 Å². The average molecular weight is 182 g/mol. The van der Waals surface area contributed by atoms with Crippen molar-refractivity contribution < 1.29 is 0 Å². The van der Waals surface area contributed by atoms with E-state index >= 15 is 0 Å². The highest BCUT2D eigenvalue weighted by Crippen LogP contribution is 2.17. The number of rotatable bonds is 2. The van der Waals surface area contributed by atoms with Gasteiger partial charge < -0.3 is 10.7 Å². The predicted molar refractivity (Wildman–Crippen MR) is 50.2 cm³/mol. The molecular weight excluding hydrogens is 172 g/mol. The van der Waals surface area contributed by atoms with Crippen LogP contribution in [0.15, 0.2) is 17.5 Å². The summed E-state index contributed by atoms with van der Waals surface area (Å²) in [4.78, 5) is 11.3. The second-order valence-electron chi connectivity index (χ2n) is 2.71. The van der Waals surface area contributed by atoms with Crippen molar-refractivity contribution in [3.63, 3.8) is 0 Å². The zero-order valence-corrected chi connectivity index (χ0v) is 7.34. The fraction of sp³-hybridized carbons (Fsp3) is 0.429. The van der Waals surface area contributed by atoms with E-state index in [1.807, 2.05) is 6.20 Å². The number of amidine groups is 1. The summed E-state index contributed by atoms with van der Waals surface area (Å²) in [5.74, 6) is 0.991. The number of hydrogen-bond acceptors (Lipinski definition) is 4. The maximum Gasteiger partial charge on any atom is 0.154 e. The van der Waals surface area contributed by atoms with Gasteiger partial charge in [0.25, 0.3) is 0 Å². The summed E-state index contributed by atoms with van der Waals surface area (Å²) in [6.07, 6.45) is 4.42. The molecule has 0 amide bonds. The Labute approximate surface area is 74.7 Å². The van der Waals surface area contributed by atoms with E-state index in [1.165, 1.54) is 0 Å². The van der Waals surface area contributed by atoms with Crippen LogP contribution in [0.25, 0.3) is 0 Å². The molecule has 12 heavy (non-hydrogen) atoms. The zero-order chi connectivity index (χ0) is 8.39. The molecule has 0 aromatic carbocycles. The summed E-state index contributed by atoms with van der Waals surface area (Å²) in [7, 11) is 0. The zero-order valence-electron chi connectivity index (χ0n) is 6.53. The minimum atomic E-state index is 0.329. The molecule has 1 aliphatic rings. The Hall–Kier alpha value is -0.970. The lowest BCUT2D eigenvalue weighted by molar-refractivity contribution is 0.748. The first-order chi connectivity index (χ1) is 5.84. The van der Waals surface area contributed by atoms with E-state index in [2.05, 4.69) is 15.0 Å². The summed E-state index contributed by atoms with van der Waals surface area (Å²) < 4.78 is 0. The van der Waals surface area contributed by atoms with Crippen molar-refractivity contribution in [1.29, 1.82) is 0 Å². The molecule has 0 spiro atoms. The van der Waals surface area contributed by atoms with Crippen molar-refractivity contribution in [3.05, 3.63) is 18.2 Å². The van der Waals surface area contributed by atoms with Crippen LogP contribution in [0, 0.1) is 0 Å². The quantitative estimate of drug-likeness (QED) is 0.695. The number of imidazole rings is 1. The van der Waals surface area contributed by atoms with Gasteiger partial charge in [0.15, 0.2) is 5.17 Å². The molecule has 0 radical (unpaired) electrons. The van der Waals surface area contributed by atoms with Crippen LogP contribution in [0.2, 0.25) is 0 Å². The lowest BCUT2D eigenvalue weighted by Gasteiger charge is -2.01. The fourth-order valence-corrected chi connectivity index (χ4v) is 1.97. The Balaban J connectivity index is 1.97. The summed E-state index contributed by atoms with van der Waals surface area (Å²) in [5, 5.41) is 0.708. The summed E-state index contributed by atoms with van der Waals surface area (Å²) in [6.45, 7) is 0. The molecule has 0 saturated carbocycles. The van der Waals surface area contributed by atoms with E-state index in [4.69, 9.17) is 5.73 Å². The van der Waals surface area contributed by atoms with Gasteiger partial charge in [-0.25, -0.2) is 4.98 Å². The van der Waals surface area contributed by atoms with Crippen LogP contribution in [0.3, 0.4) is 0 Å². The van der Waals surface area contributed by atoms with E-state index < -0.39 is 0 Å². The molecule has 1 atom stereocenters. The van der Waals surface area contributed by atoms with Crippen molar-refractivity contribution in [3.8, 4) is 0 Å². The van der Waals surface area contributed by atoms with Crippen molar-refractivity contribution in [2.75, 3.05) is 5.75 Å². The van der Waals surface area contributed by atoms with Crippen molar-refractivity contribution in [2.24, 2.45) is 10.7 Å². The number of aliphatic imine (C=N–C) groups is 1. The van der Waals surface area contributed by atoms with Gasteiger partial charge in [-0.2, -0.15) is 0 Å². The molecule has 1 aromatic heterocycles. The highest BCUT2D eigenvalue weighted by atomic mass is 32.2. The summed E-state index contributed by atoms with van der Waals surface area (Å²) >= 11 is 1.62. The average Bonchev–Trinajstić information content (AvgIpc) is 2.63. The molecular formula is C7H10N4S. The number of thioether (sulfide) groups is 1. The van der Waals surface area contributed by atoms with Gasteiger partial charge >= 0.3 is 0 Å². The maximum atomic E-state index is 5.54. The second-order valence-corrected chi connectivity index (χ2v) is 3.75. The molecule has 0 fully saturated rings. The Morgan fingerprint density at radius 1 is 1.75 bits per heavy atom. The Morgan fingerprint density at radius 3 is 3.25 bits per heavy atom. The molecule has 1 aliphatic heterocycles. The van der Waals surface area contributed by atoms with E-state index in [-0.39, 0.29) is 0 Å². The van der Waals surface area contributed by atoms with E-state index in [0.717, 1.165) is 17.9 Å². The standard InChI is InChI=1S/C7H10N4S/c8-7-11-6(3-12-7)1-5-2-9-4-10-5/h2,4,6H,1,3H2,(H2,8,11)(H,9,10). The van der Waals surface area contributed by atoms with Crippen molar-refractivity contribution in [1.82, 2.24) is 9.97 Å². The van der Waals surface area contributed by atoms with Gasteiger partial charge in [-0.3, -0.25) is 4.99 Å². The number of aromatic amines is 1. The Morgan fingerprint density at radius 2 is 2.67 bits per heavy atom. The van der Waals surface area contributed by atoms with Crippen LogP contribution < -0.4 is 5.73 Å². The lowest BCUT2D eigenvalue weighted by atomic mass is 10.2. The van der Waals surface area contributed by atoms with Gasteiger partial charge in [0.05, 0.1) is 12.4 Å². The topological polar surface area (TPSA) is 67.1 Å². The third kappa shape index (κ3) is 1.61. The number of nitrogens with zero attached hydrogens (tertiary/aromatic N) is 2. The second kappa shape index (κ2) is 3.18. The third-order valence-electron chi connectivity index (χ3n) is 1.74. The van der Waals surface area contributed by atoms with Crippen LogP contribution in [0.5, 0.6) is 0 Å². The minimum Gasteiger partial charge on any atom is -0.379 e. The highest BCUT2D eigenvalue weighted by Gasteiger charge is 2.16. The van der Waals surface area contributed by atoms with Crippen molar-refractivity contribution in [2.45, 2.75) is 12.5 Å². The fourth-order valence-electron chi connectivity index (χ4n) is 1.19. The van der Waals surface area contributed by atoms with Crippen LogP contribution in [-0.4, -0.2) is 26.9 Å². The SMILES string of the molecule is NC1=NC(Cc2cnc[nH]2)CS1. The Bertz CT molecular complexity index is 280. The normalized spacial score (nSPS) is 22.7. The number of nitrogens with two attached hydrogens (primary N) is 1. The van der Waals surface area contributed by atoms with Crippen LogP contribution in [0.1, 0.15) is 5.69 Å².